The summed E-state index contributed by atoms with van der Waals surface area (Å²) in [5.41, 5.74) is 1.64. The van der Waals surface area contributed by atoms with E-state index < -0.39 is 0 Å². The predicted octanol–water partition coefficient (Wildman–Crippen LogP) is 4.64. The van der Waals surface area contributed by atoms with Crippen molar-refractivity contribution < 1.29 is 5.11 Å². The molecule has 1 aliphatic heterocycles. The molecule has 2 aromatic heterocycles. The molecule has 0 unspecified atom stereocenters. The van der Waals surface area contributed by atoms with Gasteiger partial charge in [-0.25, -0.2) is 9.97 Å². The van der Waals surface area contributed by atoms with Crippen LogP contribution in [-0.4, -0.2) is 39.2 Å². The minimum Gasteiger partial charge on any atom is -0.392 e. The molecule has 0 bridgehead atoms. The van der Waals surface area contributed by atoms with Gasteiger partial charge in [-0.3, -0.25) is 4.90 Å². The van der Waals surface area contributed by atoms with Crippen LogP contribution in [0.3, 0.4) is 0 Å². The lowest BCUT2D eigenvalue weighted by Crippen LogP contribution is -2.37. The fourth-order valence-electron chi connectivity index (χ4n) is 4.51. The zero-order valence-corrected chi connectivity index (χ0v) is 17.1. The van der Waals surface area contributed by atoms with Crippen LogP contribution in [0.1, 0.15) is 74.7 Å². The molecule has 1 saturated heterocycles. The molecule has 3 heterocycles. The molecule has 4 nitrogen and oxygen atoms in total. The molecule has 0 amide bonds. The van der Waals surface area contributed by atoms with E-state index >= 15 is 0 Å². The lowest BCUT2D eigenvalue weighted by Gasteiger charge is -2.33. The molecule has 5 heteroatoms. The SMILES string of the molecule is Cc1nc(CN2CCC[C@H](O)C2)c2cc(C3CCC(C)(C)CC3)sc2n1. The Balaban J connectivity index is 1.59. The van der Waals surface area contributed by atoms with E-state index in [2.05, 4.69) is 24.8 Å². The average molecular weight is 374 g/mol. The van der Waals surface area contributed by atoms with Crippen LogP contribution in [0.25, 0.3) is 10.2 Å². The first-order valence-corrected chi connectivity index (χ1v) is 10.9. The molecule has 1 aliphatic carbocycles. The number of hydrogen-bond acceptors (Lipinski definition) is 5. The zero-order valence-electron chi connectivity index (χ0n) is 16.3. The van der Waals surface area contributed by atoms with Crippen molar-refractivity contribution in [3.05, 3.63) is 22.5 Å². The van der Waals surface area contributed by atoms with Crippen molar-refractivity contribution in [3.8, 4) is 0 Å². The van der Waals surface area contributed by atoms with Crippen LogP contribution in [-0.2, 0) is 6.54 Å². The van der Waals surface area contributed by atoms with Gasteiger partial charge in [-0.1, -0.05) is 13.8 Å². The monoisotopic (exact) mass is 373 g/mol. The van der Waals surface area contributed by atoms with Crippen LogP contribution < -0.4 is 0 Å². The fourth-order valence-corrected chi connectivity index (χ4v) is 5.78. The number of rotatable bonds is 3. The summed E-state index contributed by atoms with van der Waals surface area (Å²) in [5, 5.41) is 11.2. The van der Waals surface area contributed by atoms with Gasteiger partial charge in [-0.15, -0.1) is 11.3 Å². The minimum atomic E-state index is -0.189. The van der Waals surface area contributed by atoms with Crippen LogP contribution in [0.4, 0.5) is 0 Å². The van der Waals surface area contributed by atoms with Crippen molar-refractivity contribution in [1.82, 2.24) is 14.9 Å². The molecule has 26 heavy (non-hydrogen) atoms. The molecule has 4 rings (SSSR count). The summed E-state index contributed by atoms with van der Waals surface area (Å²) in [6.45, 7) is 9.43. The molecule has 2 fully saturated rings. The van der Waals surface area contributed by atoms with Crippen molar-refractivity contribution in [3.63, 3.8) is 0 Å². The molecular formula is C21H31N3OS. The van der Waals surface area contributed by atoms with Crippen LogP contribution >= 0.6 is 11.3 Å². The lowest BCUT2D eigenvalue weighted by molar-refractivity contribution is 0.0664. The van der Waals surface area contributed by atoms with Crippen LogP contribution in [0, 0.1) is 12.3 Å². The maximum atomic E-state index is 9.97. The molecule has 2 aromatic rings. The van der Waals surface area contributed by atoms with E-state index in [9.17, 15) is 5.11 Å². The van der Waals surface area contributed by atoms with Crippen LogP contribution in [0.5, 0.6) is 0 Å². The highest BCUT2D eigenvalue weighted by atomic mass is 32.1. The second kappa shape index (κ2) is 7.17. The van der Waals surface area contributed by atoms with Gasteiger partial charge in [0.25, 0.3) is 0 Å². The van der Waals surface area contributed by atoms with Gasteiger partial charge in [-0.05, 0) is 69.4 Å². The lowest BCUT2D eigenvalue weighted by atomic mass is 9.73. The largest absolute Gasteiger partial charge is 0.392 e. The molecule has 1 atom stereocenters. The summed E-state index contributed by atoms with van der Waals surface area (Å²) in [5.74, 6) is 1.55. The molecular weight excluding hydrogens is 342 g/mol. The highest BCUT2D eigenvalue weighted by molar-refractivity contribution is 7.18. The summed E-state index contributed by atoms with van der Waals surface area (Å²) in [7, 11) is 0. The number of fused-ring (bicyclic) bond motifs is 1. The topological polar surface area (TPSA) is 49.2 Å². The minimum absolute atomic E-state index is 0.189. The Morgan fingerprint density at radius 1 is 1.23 bits per heavy atom. The van der Waals surface area contributed by atoms with Crippen molar-refractivity contribution in [2.45, 2.75) is 77.9 Å². The third-order valence-electron chi connectivity index (χ3n) is 6.20. The Morgan fingerprint density at radius 2 is 2.00 bits per heavy atom. The van der Waals surface area contributed by atoms with Crippen LogP contribution in [0.15, 0.2) is 6.07 Å². The van der Waals surface area contributed by atoms with E-state index in [4.69, 9.17) is 9.97 Å². The number of aryl methyl sites for hydroxylation is 1. The van der Waals surface area contributed by atoms with Gasteiger partial charge in [0.2, 0.25) is 0 Å². The van der Waals surface area contributed by atoms with Crippen molar-refractivity contribution in [2.75, 3.05) is 13.1 Å². The molecule has 0 radical (unpaired) electrons. The summed E-state index contributed by atoms with van der Waals surface area (Å²) < 4.78 is 0. The predicted molar refractivity (Wildman–Crippen MR) is 108 cm³/mol. The highest BCUT2D eigenvalue weighted by Crippen LogP contribution is 2.45. The number of β-amino-alcohol motifs (C(OH)–C–C–N with tert-alkyl or cyclic N) is 1. The maximum Gasteiger partial charge on any atom is 0.127 e. The van der Waals surface area contributed by atoms with Crippen molar-refractivity contribution in [1.29, 1.82) is 0 Å². The van der Waals surface area contributed by atoms with Gasteiger partial charge in [-0.2, -0.15) is 0 Å². The summed E-state index contributed by atoms with van der Waals surface area (Å²) >= 11 is 1.88. The second-order valence-electron chi connectivity index (χ2n) is 9.05. The molecule has 142 valence electrons. The third kappa shape index (κ3) is 3.95. The number of aliphatic hydroxyl groups excluding tert-OH is 1. The molecule has 2 aliphatic rings. The van der Waals surface area contributed by atoms with Gasteiger partial charge < -0.3 is 5.11 Å². The van der Waals surface area contributed by atoms with Gasteiger partial charge in [0, 0.05) is 23.4 Å². The average Bonchev–Trinajstić information content (AvgIpc) is 2.99. The number of piperidine rings is 1. The van der Waals surface area contributed by atoms with E-state index in [1.54, 1.807) is 0 Å². The number of aliphatic hydroxyl groups is 1. The van der Waals surface area contributed by atoms with Gasteiger partial charge in [0.1, 0.15) is 10.7 Å². The van der Waals surface area contributed by atoms with Gasteiger partial charge in [0.15, 0.2) is 0 Å². The van der Waals surface area contributed by atoms with Crippen LogP contribution in [0.2, 0.25) is 0 Å². The van der Waals surface area contributed by atoms with Gasteiger partial charge in [0.05, 0.1) is 11.8 Å². The van der Waals surface area contributed by atoms with Crippen molar-refractivity contribution in [2.24, 2.45) is 5.41 Å². The maximum absolute atomic E-state index is 9.97. The smallest absolute Gasteiger partial charge is 0.127 e. The van der Waals surface area contributed by atoms with E-state index in [1.807, 2.05) is 18.3 Å². The van der Waals surface area contributed by atoms with E-state index in [0.29, 0.717) is 11.3 Å². The first kappa shape index (κ1) is 18.3. The fraction of sp³-hybridized carbons (Fsp3) is 0.714. The standard InChI is InChI=1S/C21H31N3OS/c1-14-22-18(13-24-10-4-5-16(25)12-24)17-11-19(26-20(17)23-14)15-6-8-21(2,3)9-7-15/h11,15-16,25H,4-10,12-13H2,1-3H3/t16-/m0/s1. The molecule has 0 spiro atoms. The molecule has 1 saturated carbocycles. The molecule has 0 aromatic carbocycles. The van der Waals surface area contributed by atoms with Gasteiger partial charge >= 0.3 is 0 Å². The Labute approximate surface area is 160 Å². The quantitative estimate of drug-likeness (QED) is 0.851. The van der Waals surface area contributed by atoms with E-state index in [1.165, 1.54) is 35.9 Å². The summed E-state index contributed by atoms with van der Waals surface area (Å²) in [6.07, 6.45) is 7.02. The van der Waals surface area contributed by atoms with Crippen molar-refractivity contribution >= 4 is 21.6 Å². The second-order valence-corrected chi connectivity index (χ2v) is 10.1. The van der Waals surface area contributed by atoms with E-state index in [0.717, 1.165) is 48.8 Å². The Morgan fingerprint density at radius 3 is 2.73 bits per heavy atom. The Kier molecular flexibility index (Phi) is 5.06. The normalized spacial score (nSPS) is 25.0. The Bertz CT molecular complexity index is 775. The highest BCUT2D eigenvalue weighted by Gasteiger charge is 2.29. The number of likely N-dealkylation sites (tertiary alicyclic amines) is 1. The summed E-state index contributed by atoms with van der Waals surface area (Å²) in [4.78, 5) is 14.5. The number of thiophene rings is 1. The number of hydrogen-bond donors (Lipinski definition) is 1. The third-order valence-corrected chi connectivity index (χ3v) is 7.39. The van der Waals surface area contributed by atoms with E-state index in [-0.39, 0.29) is 6.10 Å². The number of nitrogens with zero attached hydrogens (tertiary/aromatic N) is 3. The number of aromatic nitrogens is 2. The first-order valence-electron chi connectivity index (χ1n) is 10.1. The zero-order chi connectivity index (χ0) is 18.3. The first-order chi connectivity index (χ1) is 12.4. The summed E-state index contributed by atoms with van der Waals surface area (Å²) in [6, 6.07) is 2.37. The molecule has 1 N–H and O–H groups in total. The Hall–Kier alpha value is -1.04.